The topological polar surface area (TPSA) is 83.5 Å². The quantitative estimate of drug-likeness (QED) is 0.846. The molecule has 0 aromatic carbocycles. The lowest BCUT2D eigenvalue weighted by Gasteiger charge is -2.39. The Morgan fingerprint density at radius 1 is 1.10 bits per heavy atom. The molecule has 152 valence electrons. The Balaban J connectivity index is 1.38. The zero-order valence-electron chi connectivity index (χ0n) is 17.4. The number of nitrogen functional groups attached to an aromatic ring is 1. The van der Waals surface area contributed by atoms with Gasteiger partial charge in [0.25, 0.3) is 0 Å². The summed E-state index contributed by atoms with van der Waals surface area (Å²) >= 11 is 0. The van der Waals surface area contributed by atoms with Gasteiger partial charge in [-0.05, 0) is 43.2 Å². The molecular formula is C22H29N7. The van der Waals surface area contributed by atoms with Crippen LogP contribution in [0.1, 0.15) is 56.6 Å². The molecule has 5 rings (SSSR count). The minimum atomic E-state index is 0.468. The average molecular weight is 392 g/mol. The van der Waals surface area contributed by atoms with Crippen molar-refractivity contribution in [3.05, 3.63) is 35.4 Å². The summed E-state index contributed by atoms with van der Waals surface area (Å²) in [7, 11) is 0. The van der Waals surface area contributed by atoms with Gasteiger partial charge in [-0.2, -0.15) is 0 Å². The van der Waals surface area contributed by atoms with E-state index < -0.39 is 0 Å². The third-order valence-electron chi connectivity index (χ3n) is 6.88. The molecule has 1 saturated heterocycles. The van der Waals surface area contributed by atoms with Crippen LogP contribution in [0.15, 0.2) is 23.3 Å². The number of rotatable bonds is 2. The first-order chi connectivity index (χ1) is 14.1. The summed E-state index contributed by atoms with van der Waals surface area (Å²) in [5.41, 5.74) is 10.4. The second-order valence-electron chi connectivity index (χ2n) is 8.77. The van der Waals surface area contributed by atoms with E-state index in [0.29, 0.717) is 17.8 Å². The van der Waals surface area contributed by atoms with Crippen molar-refractivity contribution in [2.75, 3.05) is 35.2 Å². The highest BCUT2D eigenvalue weighted by Gasteiger charge is 2.32. The molecule has 2 aromatic heterocycles. The summed E-state index contributed by atoms with van der Waals surface area (Å²) < 4.78 is 0. The van der Waals surface area contributed by atoms with Gasteiger partial charge in [0, 0.05) is 19.6 Å². The Morgan fingerprint density at radius 3 is 2.72 bits per heavy atom. The minimum Gasteiger partial charge on any atom is -0.384 e. The molecule has 0 amide bonds. The fourth-order valence-electron chi connectivity index (χ4n) is 4.62. The number of hydrogen-bond acceptors (Lipinski definition) is 7. The van der Waals surface area contributed by atoms with Crippen molar-refractivity contribution in [1.82, 2.24) is 15.0 Å². The maximum absolute atomic E-state index is 5.88. The number of nitrogens with zero attached hydrogens (tertiary/aromatic N) is 6. The molecule has 3 aliphatic heterocycles. The van der Waals surface area contributed by atoms with Crippen molar-refractivity contribution >= 4 is 23.2 Å². The molecule has 0 aliphatic carbocycles. The van der Waals surface area contributed by atoms with E-state index in [0.717, 1.165) is 66.9 Å². The highest BCUT2D eigenvalue weighted by atomic mass is 15.3. The molecule has 5 heterocycles. The number of hydrogen-bond donors (Lipinski definition) is 1. The molecular weight excluding hydrogens is 362 g/mol. The molecule has 0 bridgehead atoms. The summed E-state index contributed by atoms with van der Waals surface area (Å²) in [6.45, 7) is 8.32. The molecule has 0 atom stereocenters. The third-order valence-corrected chi connectivity index (χ3v) is 6.88. The number of aliphatic imine (C=N–C) groups is 1. The molecule has 2 aromatic rings. The van der Waals surface area contributed by atoms with E-state index in [-0.39, 0.29) is 0 Å². The van der Waals surface area contributed by atoms with Crippen molar-refractivity contribution < 1.29 is 0 Å². The van der Waals surface area contributed by atoms with E-state index in [9.17, 15) is 0 Å². The van der Waals surface area contributed by atoms with Gasteiger partial charge in [-0.25, -0.2) is 15.0 Å². The van der Waals surface area contributed by atoms with Crippen molar-refractivity contribution in [3.63, 3.8) is 0 Å². The smallest absolute Gasteiger partial charge is 0.156 e. The van der Waals surface area contributed by atoms with Gasteiger partial charge in [0.15, 0.2) is 5.84 Å². The maximum atomic E-state index is 5.88. The Hall–Kier alpha value is -2.70. The Morgan fingerprint density at radius 2 is 1.93 bits per heavy atom. The lowest BCUT2D eigenvalue weighted by atomic mass is 9.78. The number of pyridine rings is 1. The first-order valence-electron chi connectivity index (χ1n) is 10.7. The molecule has 29 heavy (non-hydrogen) atoms. The predicted octanol–water partition coefficient (Wildman–Crippen LogP) is 3.18. The van der Waals surface area contributed by atoms with Crippen molar-refractivity contribution in [3.8, 4) is 0 Å². The molecule has 7 nitrogen and oxygen atoms in total. The normalized spacial score (nSPS) is 20.3. The average Bonchev–Trinajstić information content (AvgIpc) is 3.16. The first kappa shape index (κ1) is 18.3. The van der Waals surface area contributed by atoms with Crippen LogP contribution in [-0.4, -0.2) is 40.4 Å². The Kier molecular flexibility index (Phi) is 4.41. The van der Waals surface area contributed by atoms with Crippen LogP contribution in [0.2, 0.25) is 0 Å². The van der Waals surface area contributed by atoms with E-state index in [1.165, 1.54) is 19.3 Å². The molecule has 3 aliphatic rings. The number of aryl methyl sites for hydroxylation is 1. The van der Waals surface area contributed by atoms with Gasteiger partial charge in [-0.1, -0.05) is 20.3 Å². The molecule has 0 unspecified atom stereocenters. The largest absolute Gasteiger partial charge is 0.384 e. The summed E-state index contributed by atoms with van der Waals surface area (Å²) in [5, 5.41) is 0. The highest BCUT2D eigenvalue weighted by molar-refractivity contribution is 6.11. The molecule has 0 spiro atoms. The number of amidine groups is 1. The van der Waals surface area contributed by atoms with Gasteiger partial charge in [0.2, 0.25) is 0 Å². The van der Waals surface area contributed by atoms with Crippen LogP contribution in [0.4, 0.5) is 17.3 Å². The third kappa shape index (κ3) is 3.22. The van der Waals surface area contributed by atoms with Crippen LogP contribution >= 0.6 is 0 Å². The summed E-state index contributed by atoms with van der Waals surface area (Å²) in [6.07, 6.45) is 7.59. The number of nitrogens with two attached hydrogens (primary N) is 1. The van der Waals surface area contributed by atoms with Gasteiger partial charge >= 0.3 is 0 Å². The second kappa shape index (κ2) is 6.97. The van der Waals surface area contributed by atoms with Gasteiger partial charge in [-0.3, -0.25) is 4.99 Å². The maximum Gasteiger partial charge on any atom is 0.156 e. The predicted molar refractivity (Wildman–Crippen MR) is 116 cm³/mol. The van der Waals surface area contributed by atoms with Crippen LogP contribution in [0.25, 0.3) is 0 Å². The molecule has 0 saturated carbocycles. The van der Waals surface area contributed by atoms with Crippen molar-refractivity contribution in [1.29, 1.82) is 0 Å². The minimum absolute atomic E-state index is 0.468. The van der Waals surface area contributed by atoms with Gasteiger partial charge in [0.05, 0.1) is 29.8 Å². The molecule has 1 fully saturated rings. The standard InChI is InChI=1S/C22H29N7/c1-3-22(2)8-11-28(12-9-22)19-14-24-20-16(27-19)13-25-21(20)29-10-4-5-15-17(29)6-7-18(23)26-15/h6-7,14H,3-5,8-13H2,1-2H3,(H2,23,26). The van der Waals surface area contributed by atoms with E-state index >= 15 is 0 Å². The SMILES string of the molecule is CCC1(C)CCN(c2cnc3c(n2)CN=C3N2CCCc3nc(N)ccc32)CC1. The van der Waals surface area contributed by atoms with E-state index in [1.807, 2.05) is 12.3 Å². The van der Waals surface area contributed by atoms with Crippen LogP contribution in [-0.2, 0) is 13.0 Å². The number of piperidine rings is 1. The number of aromatic nitrogens is 3. The number of anilines is 3. The lowest BCUT2D eigenvalue weighted by molar-refractivity contribution is 0.237. The highest BCUT2D eigenvalue weighted by Crippen LogP contribution is 2.36. The van der Waals surface area contributed by atoms with E-state index in [1.54, 1.807) is 0 Å². The van der Waals surface area contributed by atoms with Gasteiger partial charge in [0.1, 0.15) is 17.3 Å². The van der Waals surface area contributed by atoms with Crippen LogP contribution in [0.5, 0.6) is 0 Å². The summed E-state index contributed by atoms with van der Waals surface area (Å²) in [4.78, 5) is 23.7. The summed E-state index contributed by atoms with van der Waals surface area (Å²) in [6, 6.07) is 3.92. The van der Waals surface area contributed by atoms with Crippen LogP contribution in [0.3, 0.4) is 0 Å². The number of fused-ring (bicyclic) bond motifs is 2. The van der Waals surface area contributed by atoms with Crippen molar-refractivity contribution in [2.24, 2.45) is 10.4 Å². The van der Waals surface area contributed by atoms with E-state index in [2.05, 4.69) is 34.7 Å². The zero-order valence-corrected chi connectivity index (χ0v) is 17.4. The van der Waals surface area contributed by atoms with Crippen molar-refractivity contribution in [2.45, 2.75) is 52.5 Å². The molecule has 0 radical (unpaired) electrons. The monoisotopic (exact) mass is 391 g/mol. The van der Waals surface area contributed by atoms with Crippen LogP contribution < -0.4 is 15.5 Å². The zero-order chi connectivity index (χ0) is 20.0. The first-order valence-corrected chi connectivity index (χ1v) is 10.7. The second-order valence-corrected chi connectivity index (χ2v) is 8.77. The lowest BCUT2D eigenvalue weighted by Crippen LogP contribution is -2.39. The van der Waals surface area contributed by atoms with Gasteiger partial charge in [-0.15, -0.1) is 0 Å². The Bertz CT molecular complexity index is 960. The van der Waals surface area contributed by atoms with Crippen LogP contribution in [0, 0.1) is 5.41 Å². The fourth-order valence-corrected chi connectivity index (χ4v) is 4.62. The Labute approximate surface area is 172 Å². The molecule has 2 N–H and O–H groups in total. The van der Waals surface area contributed by atoms with E-state index in [4.69, 9.17) is 20.7 Å². The summed E-state index contributed by atoms with van der Waals surface area (Å²) in [5.74, 6) is 2.49. The van der Waals surface area contributed by atoms with Gasteiger partial charge < -0.3 is 15.5 Å². The molecule has 7 heteroatoms. The fraction of sp³-hybridized carbons (Fsp3) is 0.545.